The Hall–Kier alpha value is -0.690. The number of rotatable bonds is 4. The minimum absolute atomic E-state index is 0.658. The summed E-state index contributed by atoms with van der Waals surface area (Å²) >= 11 is 5.55. The first kappa shape index (κ1) is 10.4. The van der Waals surface area contributed by atoms with E-state index in [1.165, 1.54) is 11.1 Å². The van der Waals surface area contributed by atoms with Crippen molar-refractivity contribution in [3.8, 4) is 5.75 Å². The van der Waals surface area contributed by atoms with Crippen LogP contribution in [0.15, 0.2) is 18.2 Å². The number of ether oxygens (including phenoxy) is 1. The summed E-state index contributed by atoms with van der Waals surface area (Å²) in [5.74, 6) is 1.60. The highest BCUT2D eigenvalue weighted by Crippen LogP contribution is 2.16. The molecule has 1 rings (SSSR count). The Balaban J connectivity index is 2.56. The number of hydrogen-bond donors (Lipinski definition) is 0. The Morgan fingerprint density at radius 3 is 2.31 bits per heavy atom. The molecule has 0 atom stereocenters. The van der Waals surface area contributed by atoms with Gasteiger partial charge in [-0.2, -0.15) is 0 Å². The number of alkyl halides is 1. The maximum absolute atomic E-state index is 5.55. The molecule has 2 heteroatoms. The summed E-state index contributed by atoms with van der Waals surface area (Å²) in [4.78, 5) is 0. The highest BCUT2D eigenvalue weighted by molar-refractivity contribution is 6.17. The van der Waals surface area contributed by atoms with Crippen LogP contribution in [0.5, 0.6) is 5.75 Å². The van der Waals surface area contributed by atoms with Crippen molar-refractivity contribution in [2.45, 2.75) is 20.3 Å². The fourth-order valence-electron chi connectivity index (χ4n) is 1.26. The largest absolute Gasteiger partial charge is 0.494 e. The lowest BCUT2D eigenvalue weighted by Gasteiger charge is -2.06. The van der Waals surface area contributed by atoms with Gasteiger partial charge >= 0.3 is 0 Å². The molecule has 0 aliphatic rings. The van der Waals surface area contributed by atoms with Crippen molar-refractivity contribution < 1.29 is 4.74 Å². The topological polar surface area (TPSA) is 9.23 Å². The molecule has 0 bridgehead atoms. The van der Waals surface area contributed by atoms with Crippen molar-refractivity contribution >= 4 is 11.6 Å². The van der Waals surface area contributed by atoms with Gasteiger partial charge in [-0.1, -0.05) is 6.07 Å². The van der Waals surface area contributed by atoms with Crippen LogP contribution in [0.3, 0.4) is 0 Å². The lowest BCUT2D eigenvalue weighted by Crippen LogP contribution is -1.98. The van der Waals surface area contributed by atoms with E-state index in [0.717, 1.165) is 12.2 Å². The molecule has 0 fully saturated rings. The summed E-state index contributed by atoms with van der Waals surface area (Å²) in [7, 11) is 0. The Bertz CT molecular complexity index is 251. The molecule has 72 valence electrons. The van der Waals surface area contributed by atoms with E-state index >= 15 is 0 Å². The second kappa shape index (κ2) is 5.13. The van der Waals surface area contributed by atoms with Crippen LogP contribution >= 0.6 is 11.6 Å². The molecular formula is C11H15ClO. The van der Waals surface area contributed by atoms with E-state index < -0.39 is 0 Å². The van der Waals surface area contributed by atoms with Crippen LogP contribution in [-0.4, -0.2) is 12.5 Å². The molecule has 1 nitrogen and oxygen atoms in total. The fourth-order valence-corrected chi connectivity index (χ4v) is 1.37. The Kier molecular flexibility index (Phi) is 4.10. The average Bonchev–Trinajstić information content (AvgIpc) is 2.03. The minimum atomic E-state index is 0.658. The van der Waals surface area contributed by atoms with Gasteiger partial charge in [-0.15, -0.1) is 11.6 Å². The van der Waals surface area contributed by atoms with Gasteiger partial charge in [-0.3, -0.25) is 0 Å². The molecule has 0 amide bonds. The molecule has 0 saturated carbocycles. The molecule has 0 aliphatic heterocycles. The standard InChI is InChI=1S/C11H15ClO/c1-9-6-10(2)8-11(7-9)13-5-3-4-12/h6-8H,3-5H2,1-2H3. The number of benzene rings is 1. The molecule has 13 heavy (non-hydrogen) atoms. The Labute approximate surface area is 84.7 Å². The van der Waals surface area contributed by atoms with Crippen molar-refractivity contribution in [2.24, 2.45) is 0 Å². The molecule has 0 heterocycles. The third-order valence-corrected chi connectivity index (χ3v) is 2.01. The van der Waals surface area contributed by atoms with Gasteiger partial charge in [-0.25, -0.2) is 0 Å². The van der Waals surface area contributed by atoms with E-state index in [4.69, 9.17) is 16.3 Å². The summed E-state index contributed by atoms with van der Waals surface area (Å²) in [5, 5.41) is 0. The number of halogens is 1. The van der Waals surface area contributed by atoms with E-state index in [1.807, 2.05) is 12.1 Å². The summed E-state index contributed by atoms with van der Waals surface area (Å²) in [6.07, 6.45) is 0.897. The summed E-state index contributed by atoms with van der Waals surface area (Å²) in [5.41, 5.74) is 2.47. The molecule has 0 radical (unpaired) electrons. The summed E-state index contributed by atoms with van der Waals surface area (Å²) in [6.45, 7) is 4.84. The molecule has 0 aromatic heterocycles. The second-order valence-electron chi connectivity index (χ2n) is 3.21. The Morgan fingerprint density at radius 2 is 1.77 bits per heavy atom. The van der Waals surface area contributed by atoms with Gasteiger partial charge < -0.3 is 4.74 Å². The predicted octanol–water partition coefficient (Wildman–Crippen LogP) is 3.31. The quantitative estimate of drug-likeness (QED) is 0.533. The maximum atomic E-state index is 5.55. The van der Waals surface area contributed by atoms with Crippen molar-refractivity contribution in [2.75, 3.05) is 12.5 Å². The molecule has 0 spiro atoms. The van der Waals surface area contributed by atoms with E-state index in [2.05, 4.69) is 19.9 Å². The van der Waals surface area contributed by atoms with Gasteiger partial charge in [0.15, 0.2) is 0 Å². The number of hydrogen-bond acceptors (Lipinski definition) is 1. The third kappa shape index (κ3) is 3.69. The zero-order valence-corrected chi connectivity index (χ0v) is 8.90. The molecule has 0 saturated heterocycles. The van der Waals surface area contributed by atoms with Crippen LogP contribution in [0.1, 0.15) is 17.5 Å². The first-order chi connectivity index (χ1) is 6.22. The normalized spacial score (nSPS) is 10.1. The number of aryl methyl sites for hydroxylation is 2. The third-order valence-electron chi connectivity index (χ3n) is 1.74. The lowest BCUT2D eigenvalue weighted by molar-refractivity contribution is 0.318. The van der Waals surface area contributed by atoms with Crippen molar-refractivity contribution in [3.63, 3.8) is 0 Å². The van der Waals surface area contributed by atoms with Crippen LogP contribution in [0, 0.1) is 13.8 Å². The van der Waals surface area contributed by atoms with Gasteiger partial charge in [0.05, 0.1) is 6.61 Å². The first-order valence-electron chi connectivity index (χ1n) is 4.49. The van der Waals surface area contributed by atoms with Crippen LogP contribution in [0.2, 0.25) is 0 Å². The summed E-state index contributed by atoms with van der Waals surface area (Å²) in [6, 6.07) is 6.22. The van der Waals surface area contributed by atoms with E-state index in [9.17, 15) is 0 Å². The van der Waals surface area contributed by atoms with E-state index in [0.29, 0.717) is 12.5 Å². The lowest BCUT2D eigenvalue weighted by atomic mass is 10.1. The molecular weight excluding hydrogens is 184 g/mol. The molecule has 0 aliphatic carbocycles. The SMILES string of the molecule is Cc1cc(C)cc(OCCCCl)c1. The van der Waals surface area contributed by atoms with Crippen LogP contribution in [0.25, 0.3) is 0 Å². The zero-order chi connectivity index (χ0) is 9.68. The van der Waals surface area contributed by atoms with Crippen LogP contribution in [-0.2, 0) is 0 Å². The highest BCUT2D eigenvalue weighted by atomic mass is 35.5. The first-order valence-corrected chi connectivity index (χ1v) is 5.03. The predicted molar refractivity (Wildman–Crippen MR) is 56.7 cm³/mol. The van der Waals surface area contributed by atoms with Gasteiger partial charge in [0.1, 0.15) is 5.75 Å². The maximum Gasteiger partial charge on any atom is 0.119 e. The van der Waals surface area contributed by atoms with E-state index in [1.54, 1.807) is 0 Å². The molecule has 0 N–H and O–H groups in total. The van der Waals surface area contributed by atoms with Crippen molar-refractivity contribution in [3.05, 3.63) is 29.3 Å². The Morgan fingerprint density at radius 1 is 1.15 bits per heavy atom. The molecule has 1 aromatic rings. The van der Waals surface area contributed by atoms with Crippen LogP contribution in [0.4, 0.5) is 0 Å². The van der Waals surface area contributed by atoms with Crippen LogP contribution < -0.4 is 4.74 Å². The smallest absolute Gasteiger partial charge is 0.119 e. The van der Waals surface area contributed by atoms with E-state index in [-0.39, 0.29) is 0 Å². The van der Waals surface area contributed by atoms with Crippen molar-refractivity contribution in [1.29, 1.82) is 0 Å². The van der Waals surface area contributed by atoms with Gasteiger partial charge in [0.2, 0.25) is 0 Å². The fraction of sp³-hybridized carbons (Fsp3) is 0.455. The van der Waals surface area contributed by atoms with Gasteiger partial charge in [0, 0.05) is 5.88 Å². The average molecular weight is 199 g/mol. The van der Waals surface area contributed by atoms with Gasteiger partial charge in [-0.05, 0) is 43.5 Å². The monoisotopic (exact) mass is 198 g/mol. The van der Waals surface area contributed by atoms with Crippen molar-refractivity contribution in [1.82, 2.24) is 0 Å². The molecule has 0 unspecified atom stereocenters. The second-order valence-corrected chi connectivity index (χ2v) is 3.59. The van der Waals surface area contributed by atoms with Gasteiger partial charge in [0.25, 0.3) is 0 Å². The highest BCUT2D eigenvalue weighted by Gasteiger charge is 1.95. The zero-order valence-electron chi connectivity index (χ0n) is 8.14. The minimum Gasteiger partial charge on any atom is -0.494 e. The summed E-state index contributed by atoms with van der Waals surface area (Å²) < 4.78 is 5.52. The molecule has 1 aromatic carbocycles.